The zero-order valence-electron chi connectivity index (χ0n) is 14.1. The van der Waals surface area contributed by atoms with Gasteiger partial charge >= 0.3 is 6.18 Å². The van der Waals surface area contributed by atoms with E-state index < -0.39 is 34.9 Å². The van der Waals surface area contributed by atoms with Crippen molar-refractivity contribution in [2.75, 3.05) is 0 Å². The first-order valence-corrected chi connectivity index (χ1v) is 8.40. The predicted molar refractivity (Wildman–Crippen MR) is 97.1 cm³/mol. The summed E-state index contributed by atoms with van der Waals surface area (Å²) in [7, 11) is 0. The average molecular weight is 408 g/mol. The highest BCUT2D eigenvalue weighted by atomic mass is 35.5. The van der Waals surface area contributed by atoms with E-state index in [-0.39, 0.29) is 0 Å². The summed E-state index contributed by atoms with van der Waals surface area (Å²) < 4.78 is 38.1. The molecule has 9 heteroatoms. The van der Waals surface area contributed by atoms with Crippen LogP contribution < -0.4 is 10.9 Å². The van der Waals surface area contributed by atoms with Crippen LogP contribution in [-0.4, -0.2) is 15.9 Å². The molecule has 0 spiro atoms. The second kappa shape index (κ2) is 7.85. The number of halogens is 4. The predicted octanol–water partition coefficient (Wildman–Crippen LogP) is 3.96. The molecule has 2 aromatic heterocycles. The van der Waals surface area contributed by atoms with Gasteiger partial charge < -0.3 is 10.3 Å². The summed E-state index contributed by atoms with van der Waals surface area (Å²) in [4.78, 5) is 30.3. The Morgan fingerprint density at radius 1 is 1.07 bits per heavy atom. The summed E-state index contributed by atoms with van der Waals surface area (Å²) in [6, 6.07) is 10.9. The first kappa shape index (κ1) is 19.6. The quantitative estimate of drug-likeness (QED) is 0.687. The van der Waals surface area contributed by atoms with Gasteiger partial charge in [0.1, 0.15) is 11.3 Å². The maximum absolute atomic E-state index is 12.7. The largest absolute Gasteiger partial charge is 0.431 e. The van der Waals surface area contributed by atoms with Crippen molar-refractivity contribution in [2.45, 2.75) is 12.2 Å². The summed E-state index contributed by atoms with van der Waals surface area (Å²) in [5.41, 5.74) is -1.50. The zero-order valence-corrected chi connectivity index (χ0v) is 14.9. The van der Waals surface area contributed by atoms with Gasteiger partial charge in [0.25, 0.3) is 11.5 Å². The SMILES string of the molecule is O=C(NC(c1ccc(Cl)cc1)c1cccnc1)c1ccc(C(F)(F)F)[nH]c1=O. The van der Waals surface area contributed by atoms with Crippen molar-refractivity contribution in [3.63, 3.8) is 0 Å². The van der Waals surface area contributed by atoms with Crippen molar-refractivity contribution in [1.29, 1.82) is 0 Å². The van der Waals surface area contributed by atoms with Crippen LogP contribution in [0.25, 0.3) is 0 Å². The third-order valence-corrected chi connectivity index (χ3v) is 4.21. The van der Waals surface area contributed by atoms with Crippen LogP contribution in [-0.2, 0) is 6.18 Å². The van der Waals surface area contributed by atoms with E-state index in [1.807, 2.05) is 0 Å². The van der Waals surface area contributed by atoms with Crippen LogP contribution in [0.5, 0.6) is 0 Å². The van der Waals surface area contributed by atoms with Crippen molar-refractivity contribution >= 4 is 17.5 Å². The third-order valence-electron chi connectivity index (χ3n) is 3.96. The van der Waals surface area contributed by atoms with E-state index in [1.54, 1.807) is 47.6 Å². The molecule has 0 radical (unpaired) electrons. The Morgan fingerprint density at radius 3 is 2.36 bits per heavy atom. The summed E-state index contributed by atoms with van der Waals surface area (Å²) in [6.07, 6.45) is -1.61. The fourth-order valence-electron chi connectivity index (χ4n) is 2.59. The molecule has 3 aromatic rings. The first-order valence-electron chi connectivity index (χ1n) is 8.02. The lowest BCUT2D eigenvalue weighted by atomic mass is 10.00. The number of benzene rings is 1. The number of nitrogens with zero attached hydrogens (tertiary/aromatic N) is 1. The molecule has 5 nitrogen and oxygen atoms in total. The molecular formula is C19H13ClF3N3O2. The van der Waals surface area contributed by atoms with Gasteiger partial charge in [-0.25, -0.2) is 0 Å². The van der Waals surface area contributed by atoms with Crippen LogP contribution in [0.1, 0.15) is 33.2 Å². The molecule has 0 aliphatic rings. The Morgan fingerprint density at radius 2 is 1.79 bits per heavy atom. The summed E-state index contributed by atoms with van der Waals surface area (Å²) in [5, 5.41) is 3.16. The van der Waals surface area contributed by atoms with Crippen molar-refractivity contribution in [3.8, 4) is 0 Å². The monoisotopic (exact) mass is 407 g/mol. The minimum atomic E-state index is -4.71. The molecule has 3 rings (SSSR count). The minimum Gasteiger partial charge on any atom is -0.341 e. The number of hydrogen-bond acceptors (Lipinski definition) is 3. The third kappa shape index (κ3) is 4.40. The van der Waals surface area contributed by atoms with Crippen LogP contribution in [0, 0.1) is 0 Å². The van der Waals surface area contributed by atoms with Crippen molar-refractivity contribution in [1.82, 2.24) is 15.3 Å². The number of carbonyl (C=O) groups is 1. The van der Waals surface area contributed by atoms with Crippen molar-refractivity contribution in [2.24, 2.45) is 0 Å². The highest BCUT2D eigenvalue weighted by molar-refractivity contribution is 6.30. The fraction of sp³-hybridized carbons (Fsp3) is 0.105. The van der Waals surface area contributed by atoms with Gasteiger partial charge in [-0.05, 0) is 41.5 Å². The number of aromatic amines is 1. The Hall–Kier alpha value is -3.13. The Labute approximate surface area is 162 Å². The normalized spacial score (nSPS) is 12.4. The maximum atomic E-state index is 12.7. The highest BCUT2D eigenvalue weighted by Gasteiger charge is 2.32. The molecule has 1 atom stereocenters. The molecule has 1 unspecified atom stereocenters. The number of rotatable bonds is 4. The fourth-order valence-corrected chi connectivity index (χ4v) is 2.71. The van der Waals surface area contributed by atoms with E-state index in [4.69, 9.17) is 11.6 Å². The number of amides is 1. The lowest BCUT2D eigenvalue weighted by Gasteiger charge is -2.19. The van der Waals surface area contributed by atoms with Gasteiger partial charge in [-0.3, -0.25) is 14.6 Å². The van der Waals surface area contributed by atoms with Gasteiger partial charge in [0.15, 0.2) is 0 Å². The van der Waals surface area contributed by atoms with Crippen LogP contribution in [0.2, 0.25) is 5.02 Å². The number of carbonyl (C=O) groups excluding carboxylic acids is 1. The number of alkyl halides is 3. The number of nitrogens with one attached hydrogen (secondary N) is 2. The average Bonchev–Trinajstić information content (AvgIpc) is 2.66. The molecule has 0 aliphatic carbocycles. The summed E-state index contributed by atoms with van der Waals surface area (Å²) in [6.45, 7) is 0. The Bertz CT molecular complexity index is 1030. The summed E-state index contributed by atoms with van der Waals surface area (Å²) >= 11 is 5.90. The standard InChI is InChI=1S/C19H13ClF3N3O2/c20-13-5-3-11(4-6-13)16(12-2-1-9-24-10-12)26-18(28)14-7-8-15(19(21,22)23)25-17(14)27/h1-10,16H,(H,25,27)(H,26,28). The van der Waals surface area contributed by atoms with E-state index >= 15 is 0 Å². The van der Waals surface area contributed by atoms with Gasteiger partial charge in [-0.15, -0.1) is 0 Å². The van der Waals surface area contributed by atoms with E-state index in [9.17, 15) is 22.8 Å². The molecule has 1 amide bonds. The molecule has 28 heavy (non-hydrogen) atoms. The number of hydrogen-bond donors (Lipinski definition) is 2. The van der Waals surface area contributed by atoms with Crippen LogP contribution in [0.3, 0.4) is 0 Å². The van der Waals surface area contributed by atoms with E-state index in [0.29, 0.717) is 22.2 Å². The van der Waals surface area contributed by atoms with Crippen molar-refractivity contribution in [3.05, 3.63) is 98.7 Å². The number of aromatic nitrogens is 2. The second-order valence-electron chi connectivity index (χ2n) is 5.86. The molecule has 1 aromatic carbocycles. The molecule has 2 N–H and O–H groups in total. The number of pyridine rings is 2. The van der Waals surface area contributed by atoms with E-state index in [0.717, 1.165) is 6.07 Å². The maximum Gasteiger partial charge on any atom is 0.431 e. The topological polar surface area (TPSA) is 74.8 Å². The van der Waals surface area contributed by atoms with Crippen LogP contribution in [0.4, 0.5) is 13.2 Å². The van der Waals surface area contributed by atoms with Gasteiger partial charge in [-0.2, -0.15) is 13.2 Å². The molecule has 2 heterocycles. The minimum absolute atomic E-state index is 0.434. The van der Waals surface area contributed by atoms with Gasteiger partial charge in [0.05, 0.1) is 6.04 Å². The lowest BCUT2D eigenvalue weighted by molar-refractivity contribution is -0.141. The van der Waals surface area contributed by atoms with E-state index in [2.05, 4.69) is 10.3 Å². The van der Waals surface area contributed by atoms with Gasteiger partial charge in [0, 0.05) is 17.4 Å². The van der Waals surface area contributed by atoms with Crippen LogP contribution in [0.15, 0.2) is 65.7 Å². The molecular weight excluding hydrogens is 395 g/mol. The lowest BCUT2D eigenvalue weighted by Crippen LogP contribution is -2.34. The summed E-state index contributed by atoms with van der Waals surface area (Å²) in [5.74, 6) is -0.821. The molecule has 144 valence electrons. The highest BCUT2D eigenvalue weighted by Crippen LogP contribution is 2.27. The number of H-pyrrole nitrogens is 1. The first-order chi connectivity index (χ1) is 13.3. The Balaban J connectivity index is 1.94. The smallest absolute Gasteiger partial charge is 0.341 e. The molecule has 0 fully saturated rings. The van der Waals surface area contributed by atoms with Gasteiger partial charge in [-0.1, -0.05) is 29.8 Å². The molecule has 0 saturated heterocycles. The van der Waals surface area contributed by atoms with Crippen LogP contribution >= 0.6 is 11.6 Å². The zero-order chi connectivity index (χ0) is 20.3. The van der Waals surface area contributed by atoms with Crippen molar-refractivity contribution < 1.29 is 18.0 Å². The van der Waals surface area contributed by atoms with E-state index in [1.165, 1.54) is 6.20 Å². The molecule has 0 saturated carbocycles. The second-order valence-corrected chi connectivity index (χ2v) is 6.29. The molecule has 0 bridgehead atoms. The van der Waals surface area contributed by atoms with Gasteiger partial charge in [0.2, 0.25) is 0 Å². The Kier molecular flexibility index (Phi) is 5.51. The molecule has 0 aliphatic heterocycles.